The molecule has 0 aromatic carbocycles. The zero-order valence-electron chi connectivity index (χ0n) is 11.4. The molecule has 0 aliphatic heterocycles. The van der Waals surface area contributed by atoms with Crippen LogP contribution in [-0.4, -0.2) is 13.2 Å². The summed E-state index contributed by atoms with van der Waals surface area (Å²) in [5.74, 6) is 0.684. The van der Waals surface area contributed by atoms with Crippen LogP contribution >= 0.6 is 7.82 Å². The first-order valence-corrected chi connectivity index (χ1v) is 7.81. The third-order valence-corrected chi connectivity index (χ3v) is 3.76. The van der Waals surface area contributed by atoms with Crippen molar-refractivity contribution in [1.29, 1.82) is 0 Å². The first-order chi connectivity index (χ1) is 8.11. The van der Waals surface area contributed by atoms with Crippen LogP contribution in [0.1, 0.15) is 53.4 Å². The van der Waals surface area contributed by atoms with Crippen LogP contribution in [0.3, 0.4) is 0 Å². The van der Waals surface area contributed by atoms with Gasteiger partial charge < -0.3 is 4.52 Å². The summed E-state index contributed by atoms with van der Waals surface area (Å²) in [5, 5.41) is 0. The average molecular weight is 264 g/mol. The zero-order chi connectivity index (χ0) is 13.1. The molecule has 0 heterocycles. The fourth-order valence-corrected chi connectivity index (χ4v) is 2.64. The number of unbranched alkanes of at least 4 members (excludes halogenated alkanes) is 2. The number of hydrogen-bond donors (Lipinski definition) is 0. The molecule has 0 unspecified atom stereocenters. The first-order valence-electron chi connectivity index (χ1n) is 6.35. The molecule has 0 saturated heterocycles. The van der Waals surface area contributed by atoms with E-state index in [4.69, 9.17) is 13.6 Å². The molecule has 0 aliphatic carbocycles. The van der Waals surface area contributed by atoms with Crippen molar-refractivity contribution >= 4 is 7.82 Å². The van der Waals surface area contributed by atoms with Gasteiger partial charge in [0.1, 0.15) is 5.76 Å². The van der Waals surface area contributed by atoms with E-state index in [2.05, 4.69) is 6.92 Å². The second-order valence-corrected chi connectivity index (χ2v) is 5.18. The average Bonchev–Trinajstić information content (AvgIpc) is 2.28. The SMILES string of the molecule is C/C=C(\CCCCC)OP(=O)(OCC)OCC. The molecule has 4 nitrogen and oxygen atoms in total. The quantitative estimate of drug-likeness (QED) is 0.327. The van der Waals surface area contributed by atoms with E-state index in [1.54, 1.807) is 13.8 Å². The standard InChI is InChI=1S/C12H25O4P/c1-5-9-10-11-12(6-2)16-17(13,14-7-3)15-8-4/h6H,5,7-11H2,1-4H3/b12-6+. The molecule has 0 spiro atoms. The molecule has 0 amide bonds. The molecular formula is C12H25O4P. The normalized spacial score (nSPS) is 12.8. The van der Waals surface area contributed by atoms with E-state index < -0.39 is 7.82 Å². The monoisotopic (exact) mass is 264 g/mol. The zero-order valence-corrected chi connectivity index (χ0v) is 12.3. The van der Waals surface area contributed by atoms with Gasteiger partial charge in [0.2, 0.25) is 0 Å². The molecule has 5 heteroatoms. The summed E-state index contributed by atoms with van der Waals surface area (Å²) < 4.78 is 27.7. The number of allylic oxidation sites excluding steroid dienone is 2. The molecule has 0 atom stereocenters. The van der Waals surface area contributed by atoms with Gasteiger partial charge in [-0.3, -0.25) is 9.05 Å². The van der Waals surface area contributed by atoms with E-state index in [-0.39, 0.29) is 0 Å². The van der Waals surface area contributed by atoms with E-state index in [9.17, 15) is 4.57 Å². The molecule has 102 valence electrons. The Bertz CT molecular complexity index is 253. The lowest BCUT2D eigenvalue weighted by Gasteiger charge is -2.18. The van der Waals surface area contributed by atoms with Gasteiger partial charge in [0, 0.05) is 6.42 Å². The van der Waals surface area contributed by atoms with Crippen molar-refractivity contribution in [2.45, 2.75) is 53.4 Å². The maximum atomic E-state index is 12.1. The molecule has 0 aliphatic rings. The van der Waals surface area contributed by atoms with Crippen LogP contribution in [0.15, 0.2) is 11.8 Å². The van der Waals surface area contributed by atoms with E-state index in [1.807, 2.05) is 13.0 Å². The van der Waals surface area contributed by atoms with Gasteiger partial charge in [-0.2, -0.15) is 0 Å². The van der Waals surface area contributed by atoms with E-state index in [0.717, 1.165) is 25.7 Å². The van der Waals surface area contributed by atoms with Gasteiger partial charge in [-0.05, 0) is 33.3 Å². The van der Waals surface area contributed by atoms with Crippen LogP contribution < -0.4 is 0 Å². The Morgan fingerprint density at radius 3 is 2.12 bits per heavy atom. The van der Waals surface area contributed by atoms with Crippen molar-refractivity contribution in [2.24, 2.45) is 0 Å². The maximum Gasteiger partial charge on any atom is 0.529 e. The van der Waals surface area contributed by atoms with Crippen LogP contribution in [0.5, 0.6) is 0 Å². The summed E-state index contributed by atoms with van der Waals surface area (Å²) in [6, 6.07) is 0. The molecule has 17 heavy (non-hydrogen) atoms. The van der Waals surface area contributed by atoms with E-state index in [0.29, 0.717) is 19.0 Å². The van der Waals surface area contributed by atoms with Gasteiger partial charge in [0.15, 0.2) is 0 Å². The fourth-order valence-electron chi connectivity index (χ4n) is 1.34. The highest BCUT2D eigenvalue weighted by atomic mass is 31.2. The predicted molar refractivity (Wildman–Crippen MR) is 69.8 cm³/mol. The summed E-state index contributed by atoms with van der Waals surface area (Å²) in [6.07, 6.45) is 5.89. The highest BCUT2D eigenvalue weighted by Gasteiger charge is 2.27. The summed E-state index contributed by atoms with van der Waals surface area (Å²) in [5.41, 5.74) is 0. The Balaban J connectivity index is 4.34. The lowest BCUT2D eigenvalue weighted by Crippen LogP contribution is -2.00. The molecule has 0 aromatic heterocycles. The lowest BCUT2D eigenvalue weighted by atomic mass is 10.2. The third kappa shape index (κ3) is 7.58. The van der Waals surface area contributed by atoms with Gasteiger partial charge in [-0.15, -0.1) is 0 Å². The van der Waals surface area contributed by atoms with Crippen LogP contribution in [-0.2, 0) is 18.1 Å². The Morgan fingerprint density at radius 2 is 1.71 bits per heavy atom. The molecule has 0 radical (unpaired) electrons. The molecule has 0 saturated carbocycles. The van der Waals surface area contributed by atoms with E-state index >= 15 is 0 Å². The third-order valence-electron chi connectivity index (χ3n) is 2.15. The van der Waals surface area contributed by atoms with E-state index in [1.165, 1.54) is 0 Å². The second kappa shape index (κ2) is 9.69. The van der Waals surface area contributed by atoms with Crippen LogP contribution in [0.25, 0.3) is 0 Å². The summed E-state index contributed by atoms with van der Waals surface area (Å²) in [6.45, 7) is 8.15. The summed E-state index contributed by atoms with van der Waals surface area (Å²) >= 11 is 0. The van der Waals surface area contributed by atoms with Gasteiger partial charge in [0.05, 0.1) is 13.2 Å². The fraction of sp³-hybridized carbons (Fsp3) is 0.833. The van der Waals surface area contributed by atoms with Gasteiger partial charge in [-0.25, -0.2) is 4.57 Å². The number of phosphoric acid groups is 1. The van der Waals surface area contributed by atoms with Crippen LogP contribution in [0, 0.1) is 0 Å². The van der Waals surface area contributed by atoms with Crippen molar-refractivity contribution < 1.29 is 18.1 Å². The largest absolute Gasteiger partial charge is 0.529 e. The Kier molecular flexibility index (Phi) is 9.52. The topological polar surface area (TPSA) is 44.8 Å². The van der Waals surface area contributed by atoms with Crippen molar-refractivity contribution in [3.63, 3.8) is 0 Å². The highest BCUT2D eigenvalue weighted by molar-refractivity contribution is 7.48. The number of hydrogen-bond acceptors (Lipinski definition) is 4. The smallest absolute Gasteiger partial charge is 0.409 e. The first kappa shape index (κ1) is 16.7. The van der Waals surface area contributed by atoms with Gasteiger partial charge >= 0.3 is 7.82 Å². The predicted octanol–water partition coefficient (Wildman–Crippen LogP) is 4.67. The highest BCUT2D eigenvalue weighted by Crippen LogP contribution is 2.51. The van der Waals surface area contributed by atoms with Crippen molar-refractivity contribution in [3.8, 4) is 0 Å². The minimum Gasteiger partial charge on any atom is -0.409 e. The van der Waals surface area contributed by atoms with Crippen molar-refractivity contribution in [2.75, 3.05) is 13.2 Å². The van der Waals surface area contributed by atoms with Gasteiger partial charge in [-0.1, -0.05) is 19.8 Å². The Labute approximate surface area is 105 Å². The Morgan fingerprint density at radius 1 is 1.12 bits per heavy atom. The number of phosphoric ester groups is 1. The molecular weight excluding hydrogens is 239 g/mol. The summed E-state index contributed by atoms with van der Waals surface area (Å²) in [7, 11) is -3.41. The van der Waals surface area contributed by atoms with Crippen LogP contribution in [0.4, 0.5) is 0 Å². The Hall–Kier alpha value is -0.310. The molecule has 0 rings (SSSR count). The maximum absolute atomic E-state index is 12.1. The van der Waals surface area contributed by atoms with Crippen molar-refractivity contribution in [3.05, 3.63) is 11.8 Å². The summed E-state index contributed by atoms with van der Waals surface area (Å²) in [4.78, 5) is 0. The number of rotatable bonds is 10. The second-order valence-electron chi connectivity index (χ2n) is 3.59. The van der Waals surface area contributed by atoms with Crippen LogP contribution in [0.2, 0.25) is 0 Å². The molecule has 0 aromatic rings. The minimum atomic E-state index is -3.41. The minimum absolute atomic E-state index is 0.309. The van der Waals surface area contributed by atoms with Gasteiger partial charge in [0.25, 0.3) is 0 Å². The molecule has 0 bridgehead atoms. The molecule has 0 fully saturated rings. The molecule has 0 N–H and O–H groups in total. The lowest BCUT2D eigenvalue weighted by molar-refractivity contribution is 0.142. The van der Waals surface area contributed by atoms with Crippen molar-refractivity contribution in [1.82, 2.24) is 0 Å².